The SMILES string of the molecule is Cc1cc(Oc2ccc(Cn3oc(=O)[nH]c3=O)cc2)cc(Oc2ccc(Cn3oc(=O)[nH]c3=O)cc2)c1. The van der Waals surface area contributed by atoms with Crippen molar-refractivity contribution < 1.29 is 18.5 Å². The molecule has 0 aliphatic carbocycles. The monoisotopic (exact) mass is 504 g/mol. The van der Waals surface area contributed by atoms with Crippen LogP contribution in [0.1, 0.15) is 16.7 Å². The summed E-state index contributed by atoms with van der Waals surface area (Å²) in [4.78, 5) is 49.5. The molecular weight excluding hydrogens is 484 g/mol. The van der Waals surface area contributed by atoms with E-state index in [1.807, 2.05) is 29.0 Å². The fourth-order valence-corrected chi connectivity index (χ4v) is 3.60. The second kappa shape index (κ2) is 9.77. The van der Waals surface area contributed by atoms with Crippen LogP contribution in [0.2, 0.25) is 0 Å². The number of hydrogen-bond donors (Lipinski definition) is 2. The summed E-state index contributed by atoms with van der Waals surface area (Å²) in [6, 6.07) is 19.5. The molecule has 0 saturated carbocycles. The molecule has 2 heterocycles. The van der Waals surface area contributed by atoms with Crippen molar-refractivity contribution in [2.24, 2.45) is 0 Å². The summed E-state index contributed by atoms with van der Waals surface area (Å²) in [6.07, 6.45) is 0. The number of benzene rings is 3. The molecule has 0 fully saturated rings. The zero-order valence-corrected chi connectivity index (χ0v) is 19.4. The lowest BCUT2D eigenvalue weighted by atomic mass is 10.2. The third-order valence-electron chi connectivity index (χ3n) is 5.25. The van der Waals surface area contributed by atoms with E-state index in [2.05, 4.69) is 0 Å². The first kappa shape index (κ1) is 23.5. The number of aromatic nitrogens is 4. The lowest BCUT2D eigenvalue weighted by Gasteiger charge is -2.11. The van der Waals surface area contributed by atoms with E-state index in [0.717, 1.165) is 26.2 Å². The van der Waals surface area contributed by atoms with Gasteiger partial charge in [0, 0.05) is 6.07 Å². The third-order valence-corrected chi connectivity index (χ3v) is 5.25. The van der Waals surface area contributed by atoms with Gasteiger partial charge in [0.15, 0.2) is 0 Å². The molecule has 0 aliphatic rings. The van der Waals surface area contributed by atoms with E-state index in [1.165, 1.54) is 0 Å². The van der Waals surface area contributed by atoms with Gasteiger partial charge in [-0.25, -0.2) is 29.1 Å². The van der Waals surface area contributed by atoms with Crippen LogP contribution in [0.25, 0.3) is 0 Å². The van der Waals surface area contributed by atoms with Gasteiger partial charge in [0.1, 0.15) is 23.0 Å². The third kappa shape index (κ3) is 5.70. The van der Waals surface area contributed by atoms with Crippen molar-refractivity contribution >= 4 is 0 Å². The molecule has 2 aromatic heterocycles. The molecule has 0 aliphatic heterocycles. The predicted molar refractivity (Wildman–Crippen MR) is 130 cm³/mol. The van der Waals surface area contributed by atoms with Gasteiger partial charge in [0.05, 0.1) is 13.1 Å². The Morgan fingerprint density at radius 2 is 1.03 bits per heavy atom. The lowest BCUT2D eigenvalue weighted by molar-refractivity contribution is 0.258. The number of hydrogen-bond acceptors (Lipinski definition) is 8. The van der Waals surface area contributed by atoms with Crippen LogP contribution in [-0.2, 0) is 13.1 Å². The van der Waals surface area contributed by atoms with Crippen LogP contribution < -0.4 is 32.4 Å². The van der Waals surface area contributed by atoms with E-state index in [0.29, 0.717) is 23.0 Å². The Bertz CT molecular complexity index is 1640. The summed E-state index contributed by atoms with van der Waals surface area (Å²) >= 11 is 0. The van der Waals surface area contributed by atoms with Crippen molar-refractivity contribution in [2.75, 3.05) is 0 Å². The average Bonchev–Trinajstić information content (AvgIpc) is 3.34. The van der Waals surface area contributed by atoms with Gasteiger partial charge in [-0.3, -0.25) is 0 Å². The first-order valence-electron chi connectivity index (χ1n) is 11.1. The van der Waals surface area contributed by atoms with Crippen molar-refractivity contribution in [1.82, 2.24) is 19.4 Å². The zero-order valence-electron chi connectivity index (χ0n) is 19.4. The van der Waals surface area contributed by atoms with Crippen molar-refractivity contribution in [2.45, 2.75) is 20.0 Å². The summed E-state index contributed by atoms with van der Waals surface area (Å²) in [7, 11) is 0. The van der Waals surface area contributed by atoms with Gasteiger partial charge in [0.25, 0.3) is 0 Å². The smallest absolute Gasteiger partial charge is 0.440 e. The van der Waals surface area contributed by atoms with E-state index in [-0.39, 0.29) is 13.1 Å². The quantitative estimate of drug-likeness (QED) is 0.327. The predicted octanol–water partition coefficient (Wildman–Crippen LogP) is 2.56. The van der Waals surface area contributed by atoms with Gasteiger partial charge >= 0.3 is 22.9 Å². The summed E-state index contributed by atoms with van der Waals surface area (Å²) in [5.41, 5.74) is 1.19. The zero-order chi connectivity index (χ0) is 25.9. The Kier molecular flexibility index (Phi) is 6.20. The van der Waals surface area contributed by atoms with Crippen molar-refractivity contribution in [3.63, 3.8) is 0 Å². The molecule has 12 nitrogen and oxygen atoms in total. The number of rotatable bonds is 8. The van der Waals surface area contributed by atoms with E-state index >= 15 is 0 Å². The minimum Gasteiger partial charge on any atom is -0.457 e. The molecule has 5 aromatic rings. The number of aromatic amines is 2. The Morgan fingerprint density at radius 1 is 0.622 bits per heavy atom. The van der Waals surface area contributed by atoms with Gasteiger partial charge in [-0.15, -0.1) is 9.48 Å². The molecule has 0 saturated heterocycles. The van der Waals surface area contributed by atoms with Crippen LogP contribution in [0.5, 0.6) is 23.0 Å². The molecule has 37 heavy (non-hydrogen) atoms. The molecule has 188 valence electrons. The average molecular weight is 504 g/mol. The highest BCUT2D eigenvalue weighted by atomic mass is 16.5. The molecule has 0 radical (unpaired) electrons. The first-order chi connectivity index (χ1) is 17.8. The number of aryl methyl sites for hydroxylation is 1. The maximum Gasteiger partial charge on any atom is 0.440 e. The van der Waals surface area contributed by atoms with Gasteiger partial charge < -0.3 is 18.5 Å². The van der Waals surface area contributed by atoms with E-state index in [1.54, 1.807) is 54.6 Å². The molecule has 0 bridgehead atoms. The van der Waals surface area contributed by atoms with Crippen LogP contribution in [0.3, 0.4) is 0 Å². The molecular formula is C25H20N4O8. The van der Waals surface area contributed by atoms with Gasteiger partial charge in [-0.2, -0.15) is 0 Å². The van der Waals surface area contributed by atoms with Crippen LogP contribution in [0.15, 0.2) is 95.0 Å². The Labute approximate surface area is 206 Å². The summed E-state index contributed by atoms with van der Waals surface area (Å²) in [5.74, 6) is 0.657. The minimum atomic E-state index is -0.804. The largest absolute Gasteiger partial charge is 0.457 e. The number of ether oxygens (including phenoxy) is 2. The summed E-state index contributed by atoms with van der Waals surface area (Å²) in [5, 5.41) is 0. The Hall–Kier alpha value is -5.26. The molecule has 3 aromatic carbocycles. The highest BCUT2D eigenvalue weighted by Crippen LogP contribution is 2.30. The second-order valence-electron chi connectivity index (χ2n) is 8.16. The molecule has 2 N–H and O–H groups in total. The maximum atomic E-state index is 11.6. The van der Waals surface area contributed by atoms with Crippen LogP contribution in [0.4, 0.5) is 0 Å². The van der Waals surface area contributed by atoms with E-state index in [9.17, 15) is 19.2 Å². The normalized spacial score (nSPS) is 10.9. The van der Waals surface area contributed by atoms with Crippen LogP contribution in [0, 0.1) is 6.92 Å². The van der Waals surface area contributed by atoms with Crippen molar-refractivity contribution in [3.8, 4) is 23.0 Å². The number of nitrogens with one attached hydrogen (secondary N) is 2. The Balaban J connectivity index is 1.25. The minimum absolute atomic E-state index is 0.107. The summed E-state index contributed by atoms with van der Waals surface area (Å²) in [6.45, 7) is 2.13. The van der Waals surface area contributed by atoms with Crippen molar-refractivity contribution in [1.29, 1.82) is 0 Å². The highest BCUT2D eigenvalue weighted by molar-refractivity contribution is 5.43. The lowest BCUT2D eigenvalue weighted by Crippen LogP contribution is -2.17. The standard InChI is InChI=1S/C25H20N4O8/c1-15-10-20(34-18-6-2-16(3-7-18)13-28-22(30)26-24(32)36-28)12-21(11-15)35-19-8-4-17(5-9-19)14-29-23(31)27-25(33)37-29/h2-12H,13-14H2,1H3,(H,26,30,32)(H,27,31,33). The van der Waals surface area contributed by atoms with Gasteiger partial charge in [-0.1, -0.05) is 24.3 Å². The van der Waals surface area contributed by atoms with Crippen molar-refractivity contribution in [3.05, 3.63) is 125 Å². The second-order valence-corrected chi connectivity index (χ2v) is 8.16. The fourth-order valence-electron chi connectivity index (χ4n) is 3.60. The number of nitrogens with zero attached hydrogens (tertiary/aromatic N) is 2. The van der Waals surface area contributed by atoms with Gasteiger partial charge in [0.2, 0.25) is 0 Å². The maximum absolute atomic E-state index is 11.6. The van der Waals surface area contributed by atoms with E-state index in [4.69, 9.17) is 18.5 Å². The molecule has 0 amide bonds. The molecule has 0 spiro atoms. The number of H-pyrrole nitrogens is 2. The molecule has 12 heteroatoms. The topological polar surface area (TPSA) is 154 Å². The molecule has 0 unspecified atom stereocenters. The summed E-state index contributed by atoms with van der Waals surface area (Å²) < 4.78 is 23.4. The first-order valence-corrected chi connectivity index (χ1v) is 11.1. The fraction of sp³-hybridized carbons (Fsp3) is 0.120. The Morgan fingerprint density at radius 3 is 1.38 bits per heavy atom. The molecule has 5 rings (SSSR count). The van der Waals surface area contributed by atoms with E-state index < -0.39 is 22.9 Å². The molecule has 0 atom stereocenters. The van der Waals surface area contributed by atoms with Gasteiger partial charge in [-0.05, 0) is 60.0 Å². The highest BCUT2D eigenvalue weighted by Gasteiger charge is 2.08. The van der Waals surface area contributed by atoms with Crippen LogP contribution in [-0.4, -0.2) is 19.4 Å². The van der Waals surface area contributed by atoms with Crippen LogP contribution >= 0.6 is 0 Å².